The van der Waals surface area contributed by atoms with Gasteiger partial charge in [-0.25, -0.2) is 0 Å². The van der Waals surface area contributed by atoms with Gasteiger partial charge in [-0.1, -0.05) is 49.7 Å². The first-order valence-electron chi connectivity index (χ1n) is 7.56. The van der Waals surface area contributed by atoms with Gasteiger partial charge in [0.2, 0.25) is 0 Å². The largest absolute Gasteiger partial charge is 0.480 e. The number of rotatable bonds is 6. The summed E-state index contributed by atoms with van der Waals surface area (Å²) >= 11 is 0. The second-order valence-corrected chi connectivity index (χ2v) is 5.44. The fourth-order valence-corrected chi connectivity index (χ4v) is 2.41. The van der Waals surface area contributed by atoms with Crippen LogP contribution in [-0.4, -0.2) is 18.1 Å². The first-order valence-corrected chi connectivity index (χ1v) is 7.56. The van der Waals surface area contributed by atoms with Crippen molar-refractivity contribution >= 4 is 16.7 Å². The van der Waals surface area contributed by atoms with Crippen LogP contribution in [-0.2, 0) is 4.79 Å². The number of carbonyl (C=O) groups excluding carboxylic acids is 1. The molecule has 0 radical (unpaired) electrons. The summed E-state index contributed by atoms with van der Waals surface area (Å²) in [6.07, 6.45) is 1.53. The third-order valence-corrected chi connectivity index (χ3v) is 3.53. The Morgan fingerprint density at radius 1 is 1.14 bits per heavy atom. The molecule has 112 valence electrons. The Labute approximate surface area is 126 Å². The molecule has 2 atom stereocenters. The molecule has 0 fully saturated rings. The maximum atomic E-state index is 12.1. The van der Waals surface area contributed by atoms with Crippen molar-refractivity contribution in [2.24, 2.45) is 0 Å². The molecular formula is C18H23NO2. The Bertz CT molecular complexity index is 604. The van der Waals surface area contributed by atoms with Crippen LogP contribution in [0.15, 0.2) is 42.5 Å². The molecule has 21 heavy (non-hydrogen) atoms. The highest BCUT2D eigenvalue weighted by Crippen LogP contribution is 2.26. The Morgan fingerprint density at radius 3 is 2.62 bits per heavy atom. The summed E-state index contributed by atoms with van der Waals surface area (Å²) in [7, 11) is 0. The first kappa shape index (κ1) is 15.4. The molecule has 0 aromatic heterocycles. The van der Waals surface area contributed by atoms with Gasteiger partial charge in [0.25, 0.3) is 5.91 Å². The van der Waals surface area contributed by atoms with Crippen molar-refractivity contribution in [3.05, 3.63) is 42.5 Å². The number of ether oxygens (including phenoxy) is 1. The zero-order valence-corrected chi connectivity index (χ0v) is 12.9. The van der Waals surface area contributed by atoms with Gasteiger partial charge in [0.15, 0.2) is 6.10 Å². The monoisotopic (exact) mass is 285 g/mol. The Hall–Kier alpha value is -2.03. The fourth-order valence-electron chi connectivity index (χ4n) is 2.41. The zero-order valence-electron chi connectivity index (χ0n) is 12.9. The minimum atomic E-state index is -0.505. The summed E-state index contributed by atoms with van der Waals surface area (Å²) < 4.78 is 5.86. The molecule has 0 unspecified atom stereocenters. The van der Waals surface area contributed by atoms with Gasteiger partial charge in [0.05, 0.1) is 0 Å². The van der Waals surface area contributed by atoms with Crippen LogP contribution in [0.5, 0.6) is 5.75 Å². The highest BCUT2D eigenvalue weighted by Gasteiger charge is 2.17. The number of amides is 1. The van der Waals surface area contributed by atoms with Crippen molar-refractivity contribution in [2.75, 3.05) is 0 Å². The molecule has 3 nitrogen and oxygen atoms in total. The van der Waals surface area contributed by atoms with Gasteiger partial charge in [0, 0.05) is 11.4 Å². The average Bonchev–Trinajstić information content (AvgIpc) is 2.47. The van der Waals surface area contributed by atoms with E-state index in [2.05, 4.69) is 12.2 Å². The standard InChI is InChI=1S/C18H23NO2/c1-4-8-13(2)19-18(20)14(3)21-17-12-7-10-15-9-5-6-11-16(15)17/h5-7,9-14H,4,8H2,1-3H3,(H,19,20)/t13-,14-/m1/s1. The minimum absolute atomic E-state index is 0.0658. The third-order valence-electron chi connectivity index (χ3n) is 3.53. The molecule has 0 spiro atoms. The third kappa shape index (κ3) is 3.97. The van der Waals surface area contributed by atoms with Gasteiger partial charge < -0.3 is 10.1 Å². The molecule has 3 heteroatoms. The van der Waals surface area contributed by atoms with Gasteiger partial charge in [-0.15, -0.1) is 0 Å². The van der Waals surface area contributed by atoms with Gasteiger partial charge >= 0.3 is 0 Å². The molecule has 1 amide bonds. The molecule has 2 rings (SSSR count). The maximum Gasteiger partial charge on any atom is 0.260 e. The predicted molar refractivity (Wildman–Crippen MR) is 86.6 cm³/mol. The minimum Gasteiger partial charge on any atom is -0.480 e. The first-order chi connectivity index (χ1) is 10.1. The normalized spacial score (nSPS) is 13.7. The van der Waals surface area contributed by atoms with E-state index in [-0.39, 0.29) is 11.9 Å². The predicted octanol–water partition coefficient (Wildman–Crippen LogP) is 3.91. The molecule has 0 saturated carbocycles. The van der Waals surface area contributed by atoms with Crippen LogP contribution in [0.1, 0.15) is 33.6 Å². The van der Waals surface area contributed by atoms with Crippen LogP contribution < -0.4 is 10.1 Å². The van der Waals surface area contributed by atoms with E-state index in [1.54, 1.807) is 6.92 Å². The molecule has 0 bridgehead atoms. The van der Waals surface area contributed by atoms with E-state index in [0.717, 1.165) is 29.4 Å². The summed E-state index contributed by atoms with van der Waals surface area (Å²) in [6, 6.07) is 14.1. The van der Waals surface area contributed by atoms with Crippen LogP contribution in [0, 0.1) is 0 Å². The number of hydrogen-bond acceptors (Lipinski definition) is 2. The topological polar surface area (TPSA) is 38.3 Å². The number of benzene rings is 2. The van der Waals surface area contributed by atoms with Crippen molar-refractivity contribution < 1.29 is 9.53 Å². The van der Waals surface area contributed by atoms with Gasteiger partial charge in [-0.2, -0.15) is 0 Å². The van der Waals surface area contributed by atoms with Gasteiger partial charge in [0.1, 0.15) is 5.75 Å². The van der Waals surface area contributed by atoms with Crippen molar-refractivity contribution in [3.8, 4) is 5.75 Å². The van der Waals surface area contributed by atoms with Crippen LogP contribution in [0.25, 0.3) is 10.8 Å². The highest BCUT2D eigenvalue weighted by atomic mass is 16.5. The summed E-state index contributed by atoms with van der Waals surface area (Å²) in [6.45, 7) is 5.92. The molecule has 0 aliphatic rings. The molecule has 2 aromatic rings. The summed E-state index contributed by atoms with van der Waals surface area (Å²) in [5.41, 5.74) is 0. The lowest BCUT2D eigenvalue weighted by atomic mass is 10.1. The summed E-state index contributed by atoms with van der Waals surface area (Å²) in [5, 5.41) is 5.13. The number of fused-ring (bicyclic) bond motifs is 1. The Balaban J connectivity index is 2.07. The second kappa shape index (κ2) is 7.11. The lowest BCUT2D eigenvalue weighted by Gasteiger charge is -2.19. The molecule has 2 aromatic carbocycles. The summed E-state index contributed by atoms with van der Waals surface area (Å²) in [5.74, 6) is 0.683. The molecule has 0 aliphatic carbocycles. The van der Waals surface area contributed by atoms with E-state index >= 15 is 0 Å². The van der Waals surface area contributed by atoms with E-state index in [9.17, 15) is 4.79 Å². The van der Waals surface area contributed by atoms with Crippen LogP contribution >= 0.6 is 0 Å². The van der Waals surface area contributed by atoms with Crippen LogP contribution in [0.4, 0.5) is 0 Å². The van der Waals surface area contributed by atoms with Crippen molar-refractivity contribution in [1.82, 2.24) is 5.32 Å². The molecule has 0 saturated heterocycles. The SMILES string of the molecule is CCC[C@@H](C)NC(=O)[C@@H](C)Oc1cccc2ccccc12. The Morgan fingerprint density at radius 2 is 1.86 bits per heavy atom. The Kier molecular flexibility index (Phi) is 5.20. The van der Waals surface area contributed by atoms with Crippen molar-refractivity contribution in [3.63, 3.8) is 0 Å². The van der Waals surface area contributed by atoms with Gasteiger partial charge in [-0.3, -0.25) is 4.79 Å². The molecular weight excluding hydrogens is 262 g/mol. The zero-order chi connectivity index (χ0) is 15.2. The van der Waals surface area contributed by atoms with Gasteiger partial charge in [-0.05, 0) is 31.7 Å². The van der Waals surface area contributed by atoms with Crippen molar-refractivity contribution in [1.29, 1.82) is 0 Å². The lowest BCUT2D eigenvalue weighted by molar-refractivity contribution is -0.127. The smallest absolute Gasteiger partial charge is 0.260 e. The number of carbonyl (C=O) groups is 1. The fraction of sp³-hybridized carbons (Fsp3) is 0.389. The maximum absolute atomic E-state index is 12.1. The second-order valence-electron chi connectivity index (χ2n) is 5.44. The number of hydrogen-bond donors (Lipinski definition) is 1. The van der Waals surface area contributed by atoms with Crippen LogP contribution in [0.3, 0.4) is 0 Å². The quantitative estimate of drug-likeness (QED) is 0.873. The van der Waals surface area contributed by atoms with Crippen molar-refractivity contribution in [2.45, 2.75) is 45.8 Å². The number of nitrogens with one attached hydrogen (secondary N) is 1. The van der Waals surface area contributed by atoms with E-state index in [1.165, 1.54) is 0 Å². The van der Waals surface area contributed by atoms with E-state index in [4.69, 9.17) is 4.74 Å². The lowest BCUT2D eigenvalue weighted by Crippen LogP contribution is -2.41. The molecule has 1 N–H and O–H groups in total. The highest BCUT2D eigenvalue weighted by molar-refractivity contribution is 5.89. The average molecular weight is 285 g/mol. The summed E-state index contributed by atoms with van der Waals surface area (Å²) in [4.78, 5) is 12.1. The van der Waals surface area contributed by atoms with E-state index in [1.807, 2.05) is 49.4 Å². The van der Waals surface area contributed by atoms with E-state index in [0.29, 0.717) is 0 Å². The van der Waals surface area contributed by atoms with E-state index < -0.39 is 6.10 Å². The molecule has 0 aliphatic heterocycles. The molecule has 0 heterocycles. The van der Waals surface area contributed by atoms with Crippen LogP contribution in [0.2, 0.25) is 0 Å².